The molecule has 0 N–H and O–H groups in total. The van der Waals surface area contributed by atoms with Crippen molar-refractivity contribution in [3.8, 4) is 0 Å². The highest BCUT2D eigenvalue weighted by atomic mass is 16.3. The second-order valence-corrected chi connectivity index (χ2v) is 21.0. The van der Waals surface area contributed by atoms with Gasteiger partial charge in [-0.05, 0) is 249 Å². The molecule has 0 unspecified atom stereocenters. The smallest absolute Gasteiger partial charge is 0.163 e. The number of aryl methyl sites for hydroxylation is 8. The van der Waals surface area contributed by atoms with Crippen molar-refractivity contribution in [3.05, 3.63) is 245 Å². The first-order valence-corrected chi connectivity index (χ1v) is 25.9. The summed E-state index contributed by atoms with van der Waals surface area (Å²) in [5.41, 5.74) is 22.7. The third-order valence-electron chi connectivity index (χ3n) is 14.7. The van der Waals surface area contributed by atoms with E-state index in [1.807, 2.05) is 0 Å². The second-order valence-electron chi connectivity index (χ2n) is 21.0. The molecule has 0 amide bonds. The fourth-order valence-electron chi connectivity index (χ4n) is 11.8. The molecule has 0 bridgehead atoms. The number of hydrogen-bond donors (Lipinski definition) is 0. The van der Waals surface area contributed by atoms with Gasteiger partial charge in [-0.2, -0.15) is 0 Å². The fraction of sp³-hybridized carbons (Fsp3) is 0.114. The van der Waals surface area contributed by atoms with Crippen LogP contribution in [0.15, 0.2) is 209 Å². The molecule has 0 atom stereocenters. The summed E-state index contributed by atoms with van der Waals surface area (Å²) < 4.78 is 14.5. The third-order valence-corrected chi connectivity index (χ3v) is 14.7. The zero-order chi connectivity index (χ0) is 51.2. The number of para-hydroxylation sites is 2. The molecule has 0 aliphatic heterocycles. The maximum atomic E-state index is 7.27. The lowest BCUT2D eigenvalue weighted by atomic mass is 10.0. The maximum absolute atomic E-state index is 7.27. The van der Waals surface area contributed by atoms with Crippen LogP contribution in [-0.2, 0) is 0 Å². The van der Waals surface area contributed by atoms with Gasteiger partial charge in [0.1, 0.15) is 16.7 Å². The predicted octanol–water partition coefficient (Wildman–Crippen LogP) is 20.7. The Labute approximate surface area is 438 Å². The highest BCUT2D eigenvalue weighted by Crippen LogP contribution is 2.50. The molecule has 0 radical (unpaired) electrons. The van der Waals surface area contributed by atoms with Gasteiger partial charge in [0.2, 0.25) is 0 Å². The molecule has 0 saturated carbocycles. The summed E-state index contributed by atoms with van der Waals surface area (Å²) in [5.74, 6) is 0. The lowest BCUT2D eigenvalue weighted by Gasteiger charge is -2.27. The van der Waals surface area contributed by atoms with Crippen molar-refractivity contribution in [1.82, 2.24) is 0 Å². The van der Waals surface area contributed by atoms with Crippen LogP contribution < -0.4 is 14.7 Å². The molecular formula is C70H57N3O2. The maximum Gasteiger partial charge on any atom is 0.163 e. The van der Waals surface area contributed by atoms with E-state index in [0.29, 0.717) is 0 Å². The number of hydrogen-bond acceptors (Lipinski definition) is 5. The molecule has 2 heterocycles. The molecule has 75 heavy (non-hydrogen) atoms. The molecule has 0 aliphatic rings. The number of nitrogens with zero attached hydrogens (tertiary/aromatic N) is 3. The number of fused-ring (bicyclic) bond motifs is 9. The lowest BCUT2D eigenvalue weighted by Crippen LogP contribution is -2.11. The molecular weight excluding hydrogens is 915 g/mol. The Balaban J connectivity index is 1.04. The second kappa shape index (κ2) is 17.9. The minimum absolute atomic E-state index is 0.760. The van der Waals surface area contributed by atoms with Gasteiger partial charge in [-0.3, -0.25) is 0 Å². The van der Waals surface area contributed by atoms with Crippen LogP contribution in [0, 0.1) is 55.4 Å². The molecule has 0 spiro atoms. The van der Waals surface area contributed by atoms with Gasteiger partial charge in [0.15, 0.2) is 5.58 Å². The Morgan fingerprint density at radius 2 is 0.627 bits per heavy atom. The quantitative estimate of drug-likeness (QED) is 0.144. The van der Waals surface area contributed by atoms with Gasteiger partial charge in [-0.15, -0.1) is 0 Å². The van der Waals surface area contributed by atoms with Crippen molar-refractivity contribution < 1.29 is 8.83 Å². The highest BCUT2D eigenvalue weighted by molar-refractivity contribution is 6.27. The van der Waals surface area contributed by atoms with E-state index in [0.717, 1.165) is 117 Å². The Morgan fingerprint density at radius 3 is 1.04 bits per heavy atom. The van der Waals surface area contributed by atoms with E-state index in [1.54, 1.807) is 0 Å². The molecule has 0 saturated heterocycles. The fourth-order valence-corrected chi connectivity index (χ4v) is 11.8. The predicted molar refractivity (Wildman–Crippen MR) is 318 cm³/mol. The monoisotopic (exact) mass is 971 g/mol. The van der Waals surface area contributed by atoms with Crippen LogP contribution in [0.1, 0.15) is 44.5 Å². The highest BCUT2D eigenvalue weighted by Gasteiger charge is 2.26. The van der Waals surface area contributed by atoms with E-state index in [2.05, 4.69) is 270 Å². The Kier molecular flexibility index (Phi) is 10.9. The number of furan rings is 2. The molecule has 0 aliphatic carbocycles. The van der Waals surface area contributed by atoms with E-state index < -0.39 is 0 Å². The average Bonchev–Trinajstić information content (AvgIpc) is 4.05. The molecule has 13 rings (SSSR count). The number of benzene rings is 11. The van der Waals surface area contributed by atoms with Gasteiger partial charge in [-0.25, -0.2) is 0 Å². The summed E-state index contributed by atoms with van der Waals surface area (Å²) in [4.78, 5) is 7.08. The van der Waals surface area contributed by atoms with Crippen molar-refractivity contribution in [1.29, 1.82) is 0 Å². The summed E-state index contributed by atoms with van der Waals surface area (Å²) >= 11 is 0. The van der Waals surface area contributed by atoms with Gasteiger partial charge in [-0.1, -0.05) is 72.8 Å². The van der Waals surface area contributed by atoms with Crippen LogP contribution in [0.4, 0.5) is 51.2 Å². The molecule has 13 aromatic rings. The molecule has 5 nitrogen and oxygen atoms in total. The van der Waals surface area contributed by atoms with Crippen LogP contribution in [-0.4, -0.2) is 0 Å². The van der Waals surface area contributed by atoms with Gasteiger partial charge < -0.3 is 23.5 Å². The van der Waals surface area contributed by atoms with Gasteiger partial charge in [0, 0.05) is 61.7 Å². The Hall–Kier alpha value is -9.06. The Morgan fingerprint density at radius 1 is 0.253 bits per heavy atom. The third kappa shape index (κ3) is 8.22. The van der Waals surface area contributed by atoms with E-state index >= 15 is 0 Å². The summed E-state index contributed by atoms with van der Waals surface area (Å²) in [5, 5.41) is 8.45. The van der Waals surface area contributed by atoms with Crippen molar-refractivity contribution in [2.75, 3.05) is 14.7 Å². The van der Waals surface area contributed by atoms with Crippen LogP contribution in [0.5, 0.6) is 0 Å². The normalized spacial score (nSPS) is 11.7. The topological polar surface area (TPSA) is 36.0 Å². The number of rotatable bonds is 9. The molecule has 364 valence electrons. The summed E-state index contributed by atoms with van der Waals surface area (Å²) in [7, 11) is 0. The summed E-state index contributed by atoms with van der Waals surface area (Å²) in [6.07, 6.45) is 0. The average molecular weight is 972 g/mol. The summed E-state index contributed by atoms with van der Waals surface area (Å²) in [6, 6.07) is 73.3. The van der Waals surface area contributed by atoms with Gasteiger partial charge in [0.05, 0.1) is 11.1 Å². The van der Waals surface area contributed by atoms with Crippen molar-refractivity contribution in [3.63, 3.8) is 0 Å². The van der Waals surface area contributed by atoms with E-state index in [9.17, 15) is 0 Å². The molecule has 0 fully saturated rings. The minimum atomic E-state index is 0.760. The first-order valence-electron chi connectivity index (χ1n) is 25.9. The van der Waals surface area contributed by atoms with Crippen molar-refractivity contribution >= 4 is 117 Å². The summed E-state index contributed by atoms with van der Waals surface area (Å²) in [6.45, 7) is 17.4. The SMILES string of the molecule is Cc1cc(C)cc(N(c2cc(C)cc(C)c2)c2ccc3cc4c(cc3c2)oc2c4cc(N(c3ccccc3)c3ccccc3)c3oc4cc5cc(N(c6cc(C)cc(C)c6)c6cc(C)cc(C)c6)ccc5cc4c32)c1. The first kappa shape index (κ1) is 45.8. The molecule has 2 aromatic heterocycles. The van der Waals surface area contributed by atoms with Crippen LogP contribution >= 0.6 is 0 Å². The van der Waals surface area contributed by atoms with Crippen LogP contribution in [0.25, 0.3) is 65.4 Å². The lowest BCUT2D eigenvalue weighted by molar-refractivity contribution is 0.663. The molecule has 11 aromatic carbocycles. The van der Waals surface area contributed by atoms with Crippen molar-refractivity contribution in [2.45, 2.75) is 55.4 Å². The number of anilines is 9. The Bertz CT molecular complexity index is 4190. The van der Waals surface area contributed by atoms with Gasteiger partial charge in [0.25, 0.3) is 0 Å². The van der Waals surface area contributed by atoms with Gasteiger partial charge >= 0.3 is 0 Å². The van der Waals surface area contributed by atoms with E-state index in [1.165, 1.54) is 44.5 Å². The first-order chi connectivity index (χ1) is 36.4. The standard InChI is InChI=1S/C70H57N3O2/c1-42-23-43(2)28-58(27-42)71(59-29-44(3)24-45(4)30-59)56-21-19-50-37-62-63-41-65(73(54-15-11-9-12-16-54)55-17-13-10-14-18-55)70-68(69(63)74-66(62)39-52(50)35-56)64-38-51-20-22-57(36-53(51)40-67(64)75-70)72(60-31-46(5)25-47(6)32-60)61-33-48(7)26-49(8)34-61/h9-41H,1-8H3. The van der Waals surface area contributed by atoms with E-state index in [-0.39, 0.29) is 0 Å². The van der Waals surface area contributed by atoms with Crippen LogP contribution in [0.2, 0.25) is 0 Å². The molecule has 5 heteroatoms. The van der Waals surface area contributed by atoms with Crippen molar-refractivity contribution in [2.24, 2.45) is 0 Å². The van der Waals surface area contributed by atoms with Crippen LogP contribution in [0.3, 0.4) is 0 Å². The zero-order valence-electron chi connectivity index (χ0n) is 43.7. The van der Waals surface area contributed by atoms with E-state index in [4.69, 9.17) is 8.83 Å². The zero-order valence-corrected chi connectivity index (χ0v) is 43.7. The minimum Gasteiger partial charge on any atom is -0.455 e. The largest absolute Gasteiger partial charge is 0.455 e.